The van der Waals surface area contributed by atoms with Gasteiger partial charge in [-0.15, -0.1) is 0 Å². The van der Waals surface area contributed by atoms with Gasteiger partial charge in [0.15, 0.2) is 17.4 Å². The number of fused-ring (bicyclic) bond motifs is 1. The summed E-state index contributed by atoms with van der Waals surface area (Å²) in [7, 11) is -3.46. The maximum atomic E-state index is 12.5. The molecule has 2 aliphatic rings. The molecule has 1 saturated carbocycles. The van der Waals surface area contributed by atoms with Crippen molar-refractivity contribution in [2.75, 3.05) is 23.3 Å². The third kappa shape index (κ3) is 4.43. The van der Waals surface area contributed by atoms with Gasteiger partial charge >= 0.3 is 0 Å². The summed E-state index contributed by atoms with van der Waals surface area (Å²) in [5, 5.41) is 12.6. The van der Waals surface area contributed by atoms with Crippen LogP contribution in [0.3, 0.4) is 0 Å². The Morgan fingerprint density at radius 2 is 1.97 bits per heavy atom. The van der Waals surface area contributed by atoms with Crippen LogP contribution in [0.1, 0.15) is 45.6 Å². The molecule has 192 valence electrons. The van der Waals surface area contributed by atoms with Crippen molar-refractivity contribution in [2.24, 2.45) is 0 Å². The van der Waals surface area contributed by atoms with E-state index < -0.39 is 10.0 Å². The molecule has 1 N–H and O–H groups in total. The van der Waals surface area contributed by atoms with Gasteiger partial charge in [0, 0.05) is 37.5 Å². The highest BCUT2D eigenvalue weighted by molar-refractivity contribution is 7.90. The van der Waals surface area contributed by atoms with Gasteiger partial charge < -0.3 is 10.2 Å². The minimum atomic E-state index is -3.46. The summed E-state index contributed by atoms with van der Waals surface area (Å²) in [6, 6.07) is 3.74. The van der Waals surface area contributed by atoms with Gasteiger partial charge in [-0.05, 0) is 39.2 Å². The lowest BCUT2D eigenvalue weighted by atomic mass is 10.1. The Bertz CT molecular complexity index is 1600. The lowest BCUT2D eigenvalue weighted by Gasteiger charge is -2.25. The molecule has 0 radical (unpaired) electrons. The number of nitrogens with one attached hydrogen (secondary N) is 1. The summed E-state index contributed by atoms with van der Waals surface area (Å²) < 4.78 is 27.9. The second-order valence-corrected chi connectivity index (χ2v) is 11.8. The first-order valence-electron chi connectivity index (χ1n) is 12.3. The fraction of sp³-hybridized carbons (Fsp3) is 0.417. The number of anilines is 3. The fourth-order valence-electron chi connectivity index (χ4n) is 4.51. The molecule has 0 amide bonds. The Morgan fingerprint density at radius 3 is 2.73 bits per heavy atom. The van der Waals surface area contributed by atoms with E-state index in [1.165, 1.54) is 12.4 Å². The maximum absolute atomic E-state index is 12.5. The van der Waals surface area contributed by atoms with E-state index in [4.69, 9.17) is 5.10 Å². The SMILES string of the molecule is CC(C)n1nc(N2CCCC(=O)C2)c2cnc(Nc3ccnc(-c4cnn(S(=O)(=O)C5CC5)c4)n3)cc21. The second kappa shape index (κ2) is 8.91. The molecule has 2 fully saturated rings. The molecule has 1 saturated heterocycles. The van der Waals surface area contributed by atoms with Gasteiger partial charge in [-0.25, -0.2) is 23.4 Å². The van der Waals surface area contributed by atoms with Crippen molar-refractivity contribution in [1.82, 2.24) is 33.9 Å². The zero-order chi connectivity index (χ0) is 25.7. The van der Waals surface area contributed by atoms with Crippen LogP contribution in [0, 0.1) is 0 Å². The monoisotopic (exact) mass is 521 g/mol. The molecule has 0 spiro atoms. The summed E-state index contributed by atoms with van der Waals surface area (Å²) in [5.41, 5.74) is 1.41. The number of carbonyl (C=O) groups is 1. The first-order chi connectivity index (χ1) is 17.8. The van der Waals surface area contributed by atoms with E-state index in [1.807, 2.05) is 15.6 Å². The molecule has 6 rings (SSSR count). The van der Waals surface area contributed by atoms with Gasteiger partial charge in [0.25, 0.3) is 10.0 Å². The predicted octanol–water partition coefficient (Wildman–Crippen LogP) is 2.92. The van der Waals surface area contributed by atoms with E-state index in [9.17, 15) is 13.2 Å². The number of nitrogens with zero attached hydrogens (tertiary/aromatic N) is 8. The van der Waals surface area contributed by atoms with Gasteiger partial charge in [-0.3, -0.25) is 9.48 Å². The summed E-state index contributed by atoms with van der Waals surface area (Å²) in [6.45, 7) is 5.28. The van der Waals surface area contributed by atoms with Crippen molar-refractivity contribution in [1.29, 1.82) is 0 Å². The number of rotatable bonds is 7. The molecule has 5 heterocycles. The van der Waals surface area contributed by atoms with Gasteiger partial charge in [0.05, 0.1) is 40.7 Å². The molecule has 4 aromatic heterocycles. The quantitative estimate of drug-likeness (QED) is 0.386. The molecular weight excluding hydrogens is 494 g/mol. The van der Waals surface area contributed by atoms with Crippen LogP contribution < -0.4 is 10.2 Å². The molecule has 4 aromatic rings. The van der Waals surface area contributed by atoms with Crippen LogP contribution in [-0.2, 0) is 14.8 Å². The van der Waals surface area contributed by atoms with Crippen LogP contribution in [0.5, 0.6) is 0 Å². The lowest BCUT2D eigenvalue weighted by Crippen LogP contribution is -2.36. The van der Waals surface area contributed by atoms with Crippen LogP contribution in [0.4, 0.5) is 17.5 Å². The summed E-state index contributed by atoms with van der Waals surface area (Å²) in [4.78, 5) is 27.5. The van der Waals surface area contributed by atoms with Gasteiger partial charge in [-0.2, -0.15) is 14.3 Å². The molecule has 12 nitrogen and oxygen atoms in total. The number of ketones is 1. The number of pyridine rings is 1. The summed E-state index contributed by atoms with van der Waals surface area (Å²) >= 11 is 0. The van der Waals surface area contributed by atoms with Crippen molar-refractivity contribution < 1.29 is 13.2 Å². The van der Waals surface area contributed by atoms with Crippen LogP contribution in [0.2, 0.25) is 0 Å². The molecule has 1 aliphatic heterocycles. The molecule has 0 bridgehead atoms. The molecule has 0 atom stereocenters. The zero-order valence-corrected chi connectivity index (χ0v) is 21.4. The highest BCUT2D eigenvalue weighted by Crippen LogP contribution is 2.32. The average Bonchev–Trinajstić information content (AvgIpc) is 3.50. The Kier molecular flexibility index (Phi) is 5.66. The molecule has 1 aliphatic carbocycles. The van der Waals surface area contributed by atoms with E-state index in [2.05, 4.69) is 39.2 Å². The Labute approximate surface area is 213 Å². The second-order valence-electron chi connectivity index (χ2n) is 9.75. The number of aromatic nitrogens is 7. The Balaban J connectivity index is 1.29. The maximum Gasteiger partial charge on any atom is 0.256 e. The van der Waals surface area contributed by atoms with E-state index >= 15 is 0 Å². The summed E-state index contributed by atoms with van der Waals surface area (Å²) in [5.74, 6) is 2.44. The van der Waals surface area contributed by atoms with Gasteiger partial charge in [0.1, 0.15) is 11.6 Å². The Morgan fingerprint density at radius 1 is 1.14 bits per heavy atom. The number of Topliss-reactive ketones (excluding diaryl/α,β-unsaturated/α-hetero) is 1. The topological polar surface area (TPSA) is 141 Å². The number of piperidine rings is 1. The van der Waals surface area contributed by atoms with Crippen molar-refractivity contribution in [3.63, 3.8) is 0 Å². The van der Waals surface area contributed by atoms with Crippen LogP contribution in [-0.4, -0.2) is 66.5 Å². The first kappa shape index (κ1) is 23.5. The zero-order valence-electron chi connectivity index (χ0n) is 20.6. The molecule has 0 unspecified atom stereocenters. The predicted molar refractivity (Wildman–Crippen MR) is 138 cm³/mol. The van der Waals surface area contributed by atoms with Crippen molar-refractivity contribution in [3.05, 3.63) is 36.9 Å². The molecule has 37 heavy (non-hydrogen) atoms. The highest BCUT2D eigenvalue weighted by atomic mass is 32.2. The Hall–Kier alpha value is -3.87. The lowest BCUT2D eigenvalue weighted by molar-refractivity contribution is -0.118. The molecule has 0 aromatic carbocycles. The van der Waals surface area contributed by atoms with E-state index in [1.54, 1.807) is 18.5 Å². The van der Waals surface area contributed by atoms with Gasteiger partial charge in [0.2, 0.25) is 0 Å². The largest absolute Gasteiger partial charge is 0.347 e. The van der Waals surface area contributed by atoms with Crippen LogP contribution in [0.15, 0.2) is 36.9 Å². The number of hydrogen-bond acceptors (Lipinski definition) is 10. The van der Waals surface area contributed by atoms with Crippen molar-refractivity contribution in [3.8, 4) is 11.4 Å². The third-order valence-corrected chi connectivity index (χ3v) is 8.58. The standard InChI is InChI=1S/C24H27N9O3S/c1-15(2)33-20-10-22(26-12-19(20)24(30-33)31-9-3-4-17(34)14-31)28-21-7-8-25-23(29-21)16-11-27-32(13-16)37(35,36)18-5-6-18/h7-8,10-13,15,18H,3-6,9,14H2,1-2H3,(H,25,26,28,29). The van der Waals surface area contributed by atoms with E-state index in [0.717, 1.165) is 33.8 Å². The van der Waals surface area contributed by atoms with E-state index in [0.29, 0.717) is 48.8 Å². The normalized spacial score (nSPS) is 16.6. The average molecular weight is 522 g/mol. The first-order valence-corrected chi connectivity index (χ1v) is 13.8. The molecular formula is C24H27N9O3S. The van der Waals surface area contributed by atoms with Crippen LogP contribution in [0.25, 0.3) is 22.3 Å². The fourth-order valence-corrected chi connectivity index (χ4v) is 5.98. The van der Waals surface area contributed by atoms with E-state index in [-0.39, 0.29) is 17.1 Å². The number of hydrogen-bond donors (Lipinski definition) is 1. The molecule has 13 heteroatoms. The van der Waals surface area contributed by atoms with Crippen molar-refractivity contribution >= 4 is 44.2 Å². The number of carbonyl (C=O) groups excluding carboxylic acids is 1. The smallest absolute Gasteiger partial charge is 0.256 e. The third-order valence-electron chi connectivity index (χ3n) is 6.55. The minimum absolute atomic E-state index is 0.112. The van der Waals surface area contributed by atoms with Crippen LogP contribution >= 0.6 is 0 Å². The minimum Gasteiger partial charge on any atom is -0.347 e. The van der Waals surface area contributed by atoms with Gasteiger partial charge in [-0.1, -0.05) is 0 Å². The summed E-state index contributed by atoms with van der Waals surface area (Å²) in [6.07, 6.45) is 9.04. The van der Waals surface area contributed by atoms with Crippen molar-refractivity contribution in [2.45, 2.75) is 50.8 Å². The highest BCUT2D eigenvalue weighted by Gasteiger charge is 2.37.